The second kappa shape index (κ2) is 7.95. The normalized spacial score (nSPS) is 14.0. The molecule has 0 radical (unpaired) electrons. The molecule has 2 amide bonds. The summed E-state index contributed by atoms with van der Waals surface area (Å²) in [5.41, 5.74) is 1.76. The Kier molecular flexibility index (Phi) is 5.46. The van der Waals surface area contributed by atoms with Crippen LogP contribution in [0.5, 0.6) is 5.75 Å². The highest BCUT2D eigenvalue weighted by atomic mass is 19.3. The maximum absolute atomic E-state index is 12.4. The predicted molar refractivity (Wildman–Crippen MR) is 93.4 cm³/mol. The van der Waals surface area contributed by atoms with Crippen molar-refractivity contribution in [1.82, 2.24) is 0 Å². The largest absolute Gasteiger partial charge is 0.433 e. The monoisotopic (exact) mass is 360 g/mol. The van der Waals surface area contributed by atoms with Gasteiger partial charge in [-0.15, -0.1) is 0 Å². The summed E-state index contributed by atoms with van der Waals surface area (Å²) in [6, 6.07) is 13.2. The Morgan fingerprint density at radius 1 is 1.15 bits per heavy atom. The second-order valence-corrected chi connectivity index (χ2v) is 5.91. The molecule has 1 aliphatic rings. The molecule has 136 valence electrons. The lowest BCUT2D eigenvalue weighted by Crippen LogP contribution is -2.23. The number of hydrogen-bond donors (Lipinski definition) is 1. The van der Waals surface area contributed by atoms with Gasteiger partial charge in [-0.25, -0.2) is 0 Å². The van der Waals surface area contributed by atoms with Crippen molar-refractivity contribution in [2.45, 2.75) is 25.9 Å². The van der Waals surface area contributed by atoms with Gasteiger partial charge in [0.2, 0.25) is 11.8 Å². The maximum atomic E-state index is 12.4. The lowest BCUT2D eigenvalue weighted by atomic mass is 10.1. The standard InChI is InChI=1S/C19H18F2N2O3/c20-19(21)26-16-5-2-1-4-15(16)22-17(24)12-13-7-9-14(10-8-13)23-11-3-6-18(23)25/h1-2,4-5,7-10,19H,3,6,11-12H2,(H,22,24). The smallest absolute Gasteiger partial charge is 0.387 e. The molecule has 0 aliphatic carbocycles. The lowest BCUT2D eigenvalue weighted by Gasteiger charge is -2.16. The molecule has 1 aliphatic heterocycles. The van der Waals surface area contributed by atoms with Crippen LogP contribution >= 0.6 is 0 Å². The zero-order valence-corrected chi connectivity index (χ0v) is 14.0. The molecule has 26 heavy (non-hydrogen) atoms. The molecule has 5 nitrogen and oxygen atoms in total. The molecule has 1 N–H and O–H groups in total. The van der Waals surface area contributed by atoms with Gasteiger partial charge in [0, 0.05) is 18.7 Å². The summed E-state index contributed by atoms with van der Waals surface area (Å²) in [6.45, 7) is -2.26. The average molecular weight is 360 g/mol. The summed E-state index contributed by atoms with van der Waals surface area (Å²) < 4.78 is 29.2. The minimum Gasteiger partial charge on any atom is -0.433 e. The highest BCUT2D eigenvalue weighted by Gasteiger charge is 2.21. The van der Waals surface area contributed by atoms with E-state index in [0.29, 0.717) is 13.0 Å². The fraction of sp³-hybridized carbons (Fsp3) is 0.263. The molecule has 7 heteroatoms. The van der Waals surface area contributed by atoms with Gasteiger partial charge in [-0.05, 0) is 36.2 Å². The zero-order chi connectivity index (χ0) is 18.5. The summed E-state index contributed by atoms with van der Waals surface area (Å²) in [4.78, 5) is 25.7. The number of nitrogens with one attached hydrogen (secondary N) is 1. The molecule has 0 bridgehead atoms. The minimum atomic E-state index is -2.96. The van der Waals surface area contributed by atoms with Crippen molar-refractivity contribution in [3.8, 4) is 5.75 Å². The number of amides is 2. The van der Waals surface area contributed by atoms with Gasteiger partial charge in [0.05, 0.1) is 12.1 Å². The van der Waals surface area contributed by atoms with E-state index >= 15 is 0 Å². The second-order valence-electron chi connectivity index (χ2n) is 5.91. The number of alkyl halides is 2. The molecular formula is C19H18F2N2O3. The highest BCUT2D eigenvalue weighted by Crippen LogP contribution is 2.26. The number of halogens is 2. The Morgan fingerprint density at radius 3 is 2.54 bits per heavy atom. The molecule has 3 rings (SSSR count). The fourth-order valence-electron chi connectivity index (χ4n) is 2.86. The first kappa shape index (κ1) is 17.8. The number of carbonyl (C=O) groups is 2. The van der Waals surface area contributed by atoms with Gasteiger partial charge in [0.1, 0.15) is 5.75 Å². The number of nitrogens with zero attached hydrogens (tertiary/aromatic N) is 1. The average Bonchev–Trinajstić information content (AvgIpc) is 3.03. The summed E-state index contributed by atoms with van der Waals surface area (Å²) in [5, 5.41) is 2.58. The lowest BCUT2D eigenvalue weighted by molar-refractivity contribution is -0.117. The fourth-order valence-corrected chi connectivity index (χ4v) is 2.86. The van der Waals surface area contributed by atoms with Gasteiger partial charge in [0.15, 0.2) is 0 Å². The van der Waals surface area contributed by atoms with Gasteiger partial charge in [-0.3, -0.25) is 9.59 Å². The topological polar surface area (TPSA) is 58.6 Å². The van der Waals surface area contributed by atoms with E-state index in [0.717, 1.165) is 17.7 Å². The van der Waals surface area contributed by atoms with Crippen molar-refractivity contribution in [2.24, 2.45) is 0 Å². The van der Waals surface area contributed by atoms with Crippen molar-refractivity contribution in [3.05, 3.63) is 54.1 Å². The van der Waals surface area contributed by atoms with Crippen molar-refractivity contribution < 1.29 is 23.1 Å². The van der Waals surface area contributed by atoms with E-state index in [9.17, 15) is 18.4 Å². The number of carbonyl (C=O) groups excluding carboxylic acids is 2. The van der Waals surface area contributed by atoms with E-state index in [1.54, 1.807) is 41.3 Å². The van der Waals surface area contributed by atoms with Gasteiger partial charge >= 0.3 is 6.61 Å². The van der Waals surface area contributed by atoms with Crippen LogP contribution in [-0.4, -0.2) is 25.0 Å². The van der Waals surface area contributed by atoms with Crippen LogP contribution in [0.4, 0.5) is 20.2 Å². The molecule has 1 saturated heterocycles. The highest BCUT2D eigenvalue weighted by molar-refractivity contribution is 5.96. The number of anilines is 2. The van der Waals surface area contributed by atoms with Crippen LogP contribution in [0.15, 0.2) is 48.5 Å². The molecular weight excluding hydrogens is 342 g/mol. The third kappa shape index (κ3) is 4.36. The molecule has 0 saturated carbocycles. The van der Waals surface area contributed by atoms with E-state index in [2.05, 4.69) is 10.1 Å². The Bertz CT molecular complexity index is 794. The third-order valence-corrected chi connectivity index (χ3v) is 4.06. The number of para-hydroxylation sites is 2. The van der Waals surface area contributed by atoms with Crippen molar-refractivity contribution >= 4 is 23.2 Å². The number of hydrogen-bond acceptors (Lipinski definition) is 3. The molecule has 2 aromatic rings. The Morgan fingerprint density at radius 2 is 1.88 bits per heavy atom. The van der Waals surface area contributed by atoms with Crippen molar-refractivity contribution in [1.29, 1.82) is 0 Å². The maximum Gasteiger partial charge on any atom is 0.387 e. The van der Waals surface area contributed by atoms with Gasteiger partial charge < -0.3 is 15.0 Å². The number of benzene rings is 2. The zero-order valence-electron chi connectivity index (χ0n) is 14.0. The Labute approximate surface area is 149 Å². The van der Waals surface area contributed by atoms with Crippen LogP contribution in [0.3, 0.4) is 0 Å². The van der Waals surface area contributed by atoms with Crippen LogP contribution in [0.1, 0.15) is 18.4 Å². The quantitative estimate of drug-likeness (QED) is 0.856. The van der Waals surface area contributed by atoms with Crippen LogP contribution in [0, 0.1) is 0 Å². The third-order valence-electron chi connectivity index (χ3n) is 4.06. The first-order valence-corrected chi connectivity index (χ1v) is 8.26. The van der Waals surface area contributed by atoms with Gasteiger partial charge in [-0.2, -0.15) is 8.78 Å². The van der Waals surface area contributed by atoms with Gasteiger partial charge in [0.25, 0.3) is 0 Å². The molecule has 1 heterocycles. The van der Waals surface area contributed by atoms with E-state index in [4.69, 9.17) is 0 Å². The summed E-state index contributed by atoms with van der Waals surface area (Å²) >= 11 is 0. The summed E-state index contributed by atoms with van der Waals surface area (Å²) in [5.74, 6) is -0.329. The van der Waals surface area contributed by atoms with Gasteiger partial charge in [-0.1, -0.05) is 24.3 Å². The molecule has 0 unspecified atom stereocenters. The Hall–Kier alpha value is -2.96. The van der Waals surface area contributed by atoms with Crippen LogP contribution < -0.4 is 15.0 Å². The van der Waals surface area contributed by atoms with Crippen LogP contribution in [0.25, 0.3) is 0 Å². The summed E-state index contributed by atoms with van der Waals surface area (Å²) in [6.07, 6.45) is 1.49. The molecule has 2 aromatic carbocycles. The van der Waals surface area contributed by atoms with E-state index in [1.165, 1.54) is 12.1 Å². The van der Waals surface area contributed by atoms with Crippen molar-refractivity contribution in [3.63, 3.8) is 0 Å². The first-order chi connectivity index (χ1) is 12.5. The van der Waals surface area contributed by atoms with Crippen LogP contribution in [0.2, 0.25) is 0 Å². The van der Waals surface area contributed by atoms with E-state index < -0.39 is 6.61 Å². The predicted octanol–water partition coefficient (Wildman–Crippen LogP) is 3.60. The van der Waals surface area contributed by atoms with Crippen molar-refractivity contribution in [2.75, 3.05) is 16.8 Å². The number of rotatable bonds is 6. The van der Waals surface area contributed by atoms with E-state index in [1.807, 2.05) is 0 Å². The molecule has 1 fully saturated rings. The van der Waals surface area contributed by atoms with Crippen LogP contribution in [-0.2, 0) is 16.0 Å². The Balaban J connectivity index is 1.63. The SMILES string of the molecule is O=C(Cc1ccc(N2CCCC2=O)cc1)Nc1ccccc1OC(F)F. The molecule has 0 spiro atoms. The minimum absolute atomic E-state index is 0.0806. The molecule has 0 aromatic heterocycles. The van der Waals surface area contributed by atoms with E-state index in [-0.39, 0.29) is 29.7 Å². The first-order valence-electron chi connectivity index (χ1n) is 8.26. The summed E-state index contributed by atoms with van der Waals surface area (Å²) in [7, 11) is 0. The molecule has 0 atom stereocenters. The number of ether oxygens (including phenoxy) is 1.